The van der Waals surface area contributed by atoms with Gasteiger partial charge in [-0.15, -0.1) is 0 Å². The molecule has 0 atom stereocenters. The molecule has 0 aliphatic heterocycles. The second-order valence-corrected chi connectivity index (χ2v) is 3.47. The predicted molar refractivity (Wildman–Crippen MR) is 59.6 cm³/mol. The van der Waals surface area contributed by atoms with Gasteiger partial charge in [-0.05, 0) is 24.3 Å². The first-order valence-corrected chi connectivity index (χ1v) is 4.81. The number of aromatic nitrogens is 2. The highest BCUT2D eigenvalue weighted by atomic mass is 35.5. The van der Waals surface area contributed by atoms with E-state index in [1.54, 1.807) is 0 Å². The van der Waals surface area contributed by atoms with Crippen LogP contribution in [0.15, 0.2) is 35.1 Å². The summed E-state index contributed by atoms with van der Waals surface area (Å²) < 4.78 is 12.9. The maximum atomic E-state index is 12.9. The SMILES string of the molecule is O=c1ccc(Nc2ccc(F)c(Cl)c2)n[nH]1. The number of hydrogen-bond acceptors (Lipinski definition) is 3. The normalized spacial score (nSPS) is 10.1. The van der Waals surface area contributed by atoms with Crippen LogP contribution in [0, 0.1) is 5.82 Å². The molecular weight excluding hydrogens is 233 g/mol. The van der Waals surface area contributed by atoms with Crippen molar-refractivity contribution in [2.45, 2.75) is 0 Å². The van der Waals surface area contributed by atoms with E-state index >= 15 is 0 Å². The fourth-order valence-corrected chi connectivity index (χ4v) is 1.32. The van der Waals surface area contributed by atoms with Gasteiger partial charge in [-0.2, -0.15) is 5.10 Å². The summed E-state index contributed by atoms with van der Waals surface area (Å²) in [7, 11) is 0. The van der Waals surface area contributed by atoms with Gasteiger partial charge in [-0.3, -0.25) is 4.79 Å². The summed E-state index contributed by atoms with van der Waals surface area (Å²) in [5, 5.41) is 8.90. The molecule has 0 aliphatic carbocycles. The third-order valence-electron chi connectivity index (χ3n) is 1.87. The van der Waals surface area contributed by atoms with Gasteiger partial charge in [0.15, 0.2) is 5.82 Å². The molecule has 82 valence electrons. The van der Waals surface area contributed by atoms with Crippen molar-refractivity contribution in [3.8, 4) is 0 Å². The molecule has 1 heterocycles. The number of rotatable bonds is 2. The highest BCUT2D eigenvalue weighted by Gasteiger charge is 2.01. The summed E-state index contributed by atoms with van der Waals surface area (Å²) in [6, 6.07) is 7.05. The van der Waals surface area contributed by atoms with E-state index in [0.29, 0.717) is 11.5 Å². The second-order valence-electron chi connectivity index (χ2n) is 3.06. The molecule has 2 aromatic rings. The average Bonchev–Trinajstić information content (AvgIpc) is 2.27. The topological polar surface area (TPSA) is 57.8 Å². The first kappa shape index (κ1) is 10.6. The largest absolute Gasteiger partial charge is 0.339 e. The van der Waals surface area contributed by atoms with Crippen LogP contribution in [0.2, 0.25) is 5.02 Å². The third-order valence-corrected chi connectivity index (χ3v) is 2.16. The monoisotopic (exact) mass is 239 g/mol. The number of anilines is 2. The Kier molecular flexibility index (Phi) is 2.87. The summed E-state index contributed by atoms with van der Waals surface area (Å²) in [5.41, 5.74) is 0.300. The van der Waals surface area contributed by atoms with Crippen LogP contribution in [-0.4, -0.2) is 10.2 Å². The predicted octanol–water partition coefficient (Wildman–Crippen LogP) is 2.31. The summed E-state index contributed by atoms with van der Waals surface area (Å²) in [6.07, 6.45) is 0. The molecule has 4 nitrogen and oxygen atoms in total. The summed E-state index contributed by atoms with van der Waals surface area (Å²) in [5.74, 6) is -0.0380. The molecule has 2 rings (SSSR count). The first-order chi connectivity index (χ1) is 7.65. The van der Waals surface area contributed by atoms with Gasteiger partial charge in [-0.1, -0.05) is 11.6 Å². The van der Waals surface area contributed by atoms with Crippen molar-refractivity contribution < 1.29 is 4.39 Å². The van der Waals surface area contributed by atoms with Crippen molar-refractivity contribution in [1.82, 2.24) is 10.2 Å². The molecule has 0 radical (unpaired) electrons. The Labute approximate surface area is 95.1 Å². The minimum absolute atomic E-state index is 0.0226. The van der Waals surface area contributed by atoms with Crippen LogP contribution in [0.5, 0.6) is 0 Å². The van der Waals surface area contributed by atoms with E-state index in [1.807, 2.05) is 0 Å². The molecule has 0 spiro atoms. The number of halogens is 2. The van der Waals surface area contributed by atoms with Gasteiger partial charge in [0.05, 0.1) is 5.02 Å². The molecule has 0 aliphatic rings. The van der Waals surface area contributed by atoms with Crippen molar-refractivity contribution in [3.05, 3.63) is 51.5 Å². The smallest absolute Gasteiger partial charge is 0.264 e. The molecule has 0 amide bonds. The number of hydrogen-bond donors (Lipinski definition) is 2. The van der Waals surface area contributed by atoms with E-state index in [1.165, 1.54) is 30.3 Å². The van der Waals surface area contributed by atoms with E-state index in [2.05, 4.69) is 15.5 Å². The van der Waals surface area contributed by atoms with Gasteiger partial charge in [0, 0.05) is 11.8 Å². The summed E-state index contributed by atoms with van der Waals surface area (Å²) in [6.45, 7) is 0. The van der Waals surface area contributed by atoms with Gasteiger partial charge in [0.1, 0.15) is 5.82 Å². The average molecular weight is 240 g/mol. The molecular formula is C10H7ClFN3O. The molecule has 0 saturated carbocycles. The van der Waals surface area contributed by atoms with Gasteiger partial charge in [0.25, 0.3) is 5.56 Å². The van der Waals surface area contributed by atoms with Crippen LogP contribution in [0.1, 0.15) is 0 Å². The zero-order chi connectivity index (χ0) is 11.5. The maximum Gasteiger partial charge on any atom is 0.264 e. The molecule has 6 heteroatoms. The van der Waals surface area contributed by atoms with Crippen LogP contribution in [0.4, 0.5) is 15.9 Å². The lowest BCUT2D eigenvalue weighted by Gasteiger charge is -2.04. The van der Waals surface area contributed by atoms with Gasteiger partial charge >= 0.3 is 0 Å². The number of nitrogens with zero attached hydrogens (tertiary/aromatic N) is 1. The maximum absolute atomic E-state index is 12.9. The van der Waals surface area contributed by atoms with Crippen molar-refractivity contribution >= 4 is 23.1 Å². The molecule has 0 unspecified atom stereocenters. The van der Waals surface area contributed by atoms with Gasteiger partial charge in [0.2, 0.25) is 0 Å². The second kappa shape index (κ2) is 4.32. The fourth-order valence-electron chi connectivity index (χ4n) is 1.14. The lowest BCUT2D eigenvalue weighted by Crippen LogP contribution is -2.07. The van der Waals surface area contributed by atoms with E-state index in [4.69, 9.17) is 11.6 Å². The Morgan fingerprint density at radius 2 is 2.12 bits per heavy atom. The highest BCUT2D eigenvalue weighted by molar-refractivity contribution is 6.31. The molecule has 0 fully saturated rings. The van der Waals surface area contributed by atoms with E-state index < -0.39 is 5.82 Å². The number of H-pyrrole nitrogens is 1. The summed E-state index contributed by atoms with van der Waals surface area (Å²) in [4.78, 5) is 10.8. The quantitative estimate of drug-likeness (QED) is 0.846. The Bertz CT molecular complexity index is 550. The lowest BCUT2D eigenvalue weighted by atomic mass is 10.3. The van der Waals surface area contributed by atoms with Crippen LogP contribution < -0.4 is 10.9 Å². The van der Waals surface area contributed by atoms with Crippen molar-refractivity contribution in [2.24, 2.45) is 0 Å². The Morgan fingerprint density at radius 1 is 1.31 bits per heavy atom. The van der Waals surface area contributed by atoms with Gasteiger partial charge in [-0.25, -0.2) is 9.49 Å². The van der Waals surface area contributed by atoms with E-state index in [-0.39, 0.29) is 10.6 Å². The molecule has 1 aromatic heterocycles. The minimum atomic E-state index is -0.485. The van der Waals surface area contributed by atoms with Crippen molar-refractivity contribution in [2.75, 3.05) is 5.32 Å². The minimum Gasteiger partial charge on any atom is -0.339 e. The molecule has 0 saturated heterocycles. The fraction of sp³-hybridized carbons (Fsp3) is 0. The molecule has 1 aromatic carbocycles. The zero-order valence-corrected chi connectivity index (χ0v) is 8.75. The van der Waals surface area contributed by atoms with Crippen molar-refractivity contribution in [1.29, 1.82) is 0 Å². The Hall–Kier alpha value is -1.88. The number of nitrogens with one attached hydrogen (secondary N) is 2. The Balaban J connectivity index is 2.23. The van der Waals surface area contributed by atoms with Crippen LogP contribution in [0.3, 0.4) is 0 Å². The number of benzene rings is 1. The lowest BCUT2D eigenvalue weighted by molar-refractivity contribution is 0.628. The van der Waals surface area contributed by atoms with E-state index in [0.717, 1.165) is 0 Å². The molecule has 2 N–H and O–H groups in total. The first-order valence-electron chi connectivity index (χ1n) is 4.43. The van der Waals surface area contributed by atoms with Crippen molar-refractivity contribution in [3.63, 3.8) is 0 Å². The van der Waals surface area contributed by atoms with Crippen LogP contribution >= 0.6 is 11.6 Å². The Morgan fingerprint density at radius 3 is 2.75 bits per heavy atom. The summed E-state index contributed by atoms with van der Waals surface area (Å²) >= 11 is 5.61. The van der Waals surface area contributed by atoms with Gasteiger partial charge < -0.3 is 5.32 Å². The molecule has 0 bridgehead atoms. The number of aromatic amines is 1. The highest BCUT2D eigenvalue weighted by Crippen LogP contribution is 2.21. The zero-order valence-electron chi connectivity index (χ0n) is 8.00. The standard InChI is InChI=1S/C10H7ClFN3O/c11-7-5-6(1-2-8(7)12)13-9-3-4-10(16)15-14-9/h1-5H,(H,13,14)(H,15,16). The van der Waals surface area contributed by atoms with Crippen LogP contribution in [0.25, 0.3) is 0 Å². The van der Waals surface area contributed by atoms with Crippen LogP contribution in [-0.2, 0) is 0 Å². The third kappa shape index (κ3) is 2.38. The molecule has 16 heavy (non-hydrogen) atoms. The van der Waals surface area contributed by atoms with E-state index in [9.17, 15) is 9.18 Å².